The van der Waals surface area contributed by atoms with Crippen molar-refractivity contribution in [3.8, 4) is 11.1 Å². The zero-order valence-corrected chi connectivity index (χ0v) is 16.7. The molecule has 5 aromatic rings. The van der Waals surface area contributed by atoms with Crippen LogP contribution in [0.25, 0.3) is 32.1 Å². The van der Waals surface area contributed by atoms with E-state index in [-0.39, 0.29) is 28.9 Å². The molecular weight excluding hydrogens is 422 g/mol. The van der Waals surface area contributed by atoms with Crippen molar-refractivity contribution in [3.63, 3.8) is 0 Å². The second-order valence-electron chi connectivity index (χ2n) is 7.06. The van der Waals surface area contributed by atoms with E-state index >= 15 is 0 Å². The first-order valence-corrected chi connectivity index (χ1v) is 10.2. The third-order valence-corrected chi connectivity index (χ3v) is 6.23. The number of hydrogen-bond acceptors (Lipinski definition) is 3. The van der Waals surface area contributed by atoms with Crippen LogP contribution in [0, 0.1) is 11.6 Å². The van der Waals surface area contributed by atoms with E-state index < -0.39 is 23.2 Å². The summed E-state index contributed by atoms with van der Waals surface area (Å²) in [6.07, 6.45) is 1.47. The third-order valence-electron chi connectivity index (χ3n) is 5.28. The summed E-state index contributed by atoms with van der Waals surface area (Å²) in [5.41, 5.74) is 0.626. The molecule has 0 spiro atoms. The average molecular weight is 436 g/mol. The molecule has 0 saturated heterocycles. The van der Waals surface area contributed by atoms with Crippen molar-refractivity contribution in [2.24, 2.45) is 0 Å². The number of hydrogen-bond donors (Lipinski definition) is 2. The van der Waals surface area contributed by atoms with Gasteiger partial charge in [-0.1, -0.05) is 12.1 Å². The fraction of sp³-hybridized carbons (Fsp3) is 0.0435. The van der Waals surface area contributed by atoms with E-state index in [0.29, 0.717) is 10.9 Å². The molecule has 0 atom stereocenters. The summed E-state index contributed by atoms with van der Waals surface area (Å²) >= 11 is 1.43. The maximum Gasteiger partial charge on any atom is 0.353 e. The van der Waals surface area contributed by atoms with Crippen molar-refractivity contribution >= 4 is 38.3 Å². The monoisotopic (exact) mass is 436 g/mol. The standard InChI is InChI=1S/C23H14F2N2O3S/c24-14-5-3-13(16(25)10-14)11-27-17-6-4-12-7-9-31-21(12)19(17)18(20(27)23(29)30)15-2-1-8-26-22(15)28/h1-10H,11H2,(H,26,28)(H,29,30). The number of aromatic nitrogens is 2. The summed E-state index contributed by atoms with van der Waals surface area (Å²) in [7, 11) is 0. The van der Waals surface area contributed by atoms with Crippen LogP contribution in [0.3, 0.4) is 0 Å². The lowest BCUT2D eigenvalue weighted by Gasteiger charge is -2.10. The van der Waals surface area contributed by atoms with Gasteiger partial charge in [-0.15, -0.1) is 11.3 Å². The van der Waals surface area contributed by atoms with E-state index in [1.807, 2.05) is 17.5 Å². The number of aromatic carboxylic acids is 1. The summed E-state index contributed by atoms with van der Waals surface area (Å²) in [5.74, 6) is -2.73. The number of halogens is 2. The maximum atomic E-state index is 14.4. The van der Waals surface area contributed by atoms with Gasteiger partial charge in [0.15, 0.2) is 0 Å². The molecule has 2 aromatic carbocycles. The van der Waals surface area contributed by atoms with Gasteiger partial charge in [0, 0.05) is 33.5 Å². The number of nitrogens with one attached hydrogen (secondary N) is 1. The van der Waals surface area contributed by atoms with Crippen LogP contribution in [-0.4, -0.2) is 20.6 Å². The van der Waals surface area contributed by atoms with E-state index in [1.165, 1.54) is 28.2 Å². The Balaban J connectivity index is 1.92. The second kappa shape index (κ2) is 7.17. The normalized spacial score (nSPS) is 11.4. The summed E-state index contributed by atoms with van der Waals surface area (Å²) < 4.78 is 30.1. The van der Waals surface area contributed by atoms with Crippen molar-refractivity contribution in [2.75, 3.05) is 0 Å². The highest BCUT2D eigenvalue weighted by Crippen LogP contribution is 2.40. The molecule has 0 amide bonds. The first-order valence-electron chi connectivity index (χ1n) is 9.33. The molecule has 5 nitrogen and oxygen atoms in total. The number of H-pyrrole nitrogens is 1. The minimum Gasteiger partial charge on any atom is -0.477 e. The van der Waals surface area contributed by atoms with Gasteiger partial charge in [0.05, 0.1) is 17.6 Å². The lowest BCUT2D eigenvalue weighted by atomic mass is 10.0. The number of fused-ring (bicyclic) bond motifs is 3. The van der Waals surface area contributed by atoms with Crippen molar-refractivity contribution < 1.29 is 18.7 Å². The molecule has 0 unspecified atom stereocenters. The van der Waals surface area contributed by atoms with E-state index in [0.717, 1.165) is 22.2 Å². The molecular formula is C23H14F2N2O3S. The number of thiophene rings is 1. The molecule has 0 aliphatic heterocycles. The number of rotatable bonds is 4. The second-order valence-corrected chi connectivity index (χ2v) is 7.98. The van der Waals surface area contributed by atoms with Gasteiger partial charge in [-0.25, -0.2) is 13.6 Å². The van der Waals surface area contributed by atoms with Crippen LogP contribution in [0.2, 0.25) is 0 Å². The van der Waals surface area contributed by atoms with Crippen molar-refractivity contribution in [1.82, 2.24) is 9.55 Å². The SMILES string of the molecule is O=C(O)c1c(-c2ccc[nH]c2=O)c2c3sccc3ccc2n1Cc1ccc(F)cc1F. The Morgan fingerprint density at radius 3 is 2.71 bits per heavy atom. The lowest BCUT2D eigenvalue weighted by Crippen LogP contribution is -2.14. The number of nitrogens with zero attached hydrogens (tertiary/aromatic N) is 1. The molecule has 8 heteroatoms. The van der Waals surface area contributed by atoms with Crippen LogP contribution in [0.1, 0.15) is 16.1 Å². The molecule has 5 rings (SSSR count). The number of benzene rings is 2. The minimum absolute atomic E-state index is 0.128. The van der Waals surface area contributed by atoms with Crippen LogP contribution in [0.5, 0.6) is 0 Å². The molecule has 0 saturated carbocycles. The average Bonchev–Trinajstić information content (AvgIpc) is 3.33. The number of aromatic amines is 1. The van der Waals surface area contributed by atoms with Gasteiger partial charge < -0.3 is 14.7 Å². The van der Waals surface area contributed by atoms with E-state index in [4.69, 9.17) is 0 Å². The maximum absolute atomic E-state index is 14.4. The zero-order valence-electron chi connectivity index (χ0n) is 15.9. The lowest BCUT2D eigenvalue weighted by molar-refractivity contribution is 0.0687. The molecule has 31 heavy (non-hydrogen) atoms. The van der Waals surface area contributed by atoms with Crippen LogP contribution >= 0.6 is 11.3 Å². The van der Waals surface area contributed by atoms with Gasteiger partial charge in [-0.05, 0) is 41.1 Å². The zero-order chi connectivity index (χ0) is 21.7. The highest BCUT2D eigenvalue weighted by atomic mass is 32.1. The quantitative estimate of drug-likeness (QED) is 0.405. The first kappa shape index (κ1) is 19.2. The number of carbonyl (C=O) groups is 1. The Labute approximate surface area is 177 Å². The Morgan fingerprint density at radius 1 is 1.13 bits per heavy atom. The van der Waals surface area contributed by atoms with Gasteiger partial charge in [-0.2, -0.15) is 0 Å². The largest absolute Gasteiger partial charge is 0.477 e. The van der Waals surface area contributed by atoms with Gasteiger partial charge >= 0.3 is 5.97 Å². The van der Waals surface area contributed by atoms with Gasteiger partial charge in [-0.3, -0.25) is 4.79 Å². The molecule has 3 heterocycles. The molecule has 0 fully saturated rings. The van der Waals surface area contributed by atoms with Crippen LogP contribution in [-0.2, 0) is 6.54 Å². The summed E-state index contributed by atoms with van der Waals surface area (Å²) in [6.45, 7) is -0.133. The summed E-state index contributed by atoms with van der Waals surface area (Å²) in [6, 6.07) is 11.9. The molecule has 0 aliphatic carbocycles. The van der Waals surface area contributed by atoms with E-state index in [2.05, 4.69) is 4.98 Å². The Hall–Kier alpha value is -3.78. The predicted molar refractivity (Wildman–Crippen MR) is 116 cm³/mol. The molecule has 0 radical (unpaired) electrons. The highest BCUT2D eigenvalue weighted by Gasteiger charge is 2.27. The molecule has 0 bridgehead atoms. The van der Waals surface area contributed by atoms with Crippen LogP contribution in [0.4, 0.5) is 8.78 Å². The molecule has 0 aliphatic rings. The Morgan fingerprint density at radius 2 is 1.97 bits per heavy atom. The molecule has 2 N–H and O–H groups in total. The van der Waals surface area contributed by atoms with Crippen LogP contribution in [0.15, 0.2) is 64.9 Å². The topological polar surface area (TPSA) is 75.1 Å². The fourth-order valence-electron chi connectivity index (χ4n) is 3.95. The van der Waals surface area contributed by atoms with E-state index in [9.17, 15) is 23.5 Å². The summed E-state index contributed by atoms with van der Waals surface area (Å²) in [4.78, 5) is 27.6. The number of carboxylic acid groups (broad SMARTS) is 1. The smallest absolute Gasteiger partial charge is 0.353 e. The molecule has 3 aromatic heterocycles. The summed E-state index contributed by atoms with van der Waals surface area (Å²) in [5, 5.41) is 13.5. The predicted octanol–water partition coefficient (Wildman–Crippen LogP) is 5.24. The van der Waals surface area contributed by atoms with Crippen LogP contribution < -0.4 is 5.56 Å². The van der Waals surface area contributed by atoms with Gasteiger partial charge in [0.2, 0.25) is 0 Å². The van der Waals surface area contributed by atoms with Crippen molar-refractivity contribution in [2.45, 2.75) is 6.54 Å². The fourth-order valence-corrected chi connectivity index (χ4v) is 4.90. The first-order chi connectivity index (χ1) is 15.0. The van der Waals surface area contributed by atoms with Gasteiger partial charge in [0.1, 0.15) is 17.3 Å². The van der Waals surface area contributed by atoms with Crippen molar-refractivity contribution in [3.05, 3.63) is 93.4 Å². The number of pyridine rings is 1. The number of carboxylic acids is 1. The van der Waals surface area contributed by atoms with Crippen molar-refractivity contribution in [1.29, 1.82) is 0 Å². The Kier molecular flexibility index (Phi) is 4.44. The third kappa shape index (κ3) is 3.03. The van der Waals surface area contributed by atoms with E-state index in [1.54, 1.807) is 18.2 Å². The molecule has 154 valence electrons. The van der Waals surface area contributed by atoms with Gasteiger partial charge in [0.25, 0.3) is 5.56 Å². The minimum atomic E-state index is -1.25. The highest BCUT2D eigenvalue weighted by molar-refractivity contribution is 7.18. The Bertz CT molecular complexity index is 1550.